The van der Waals surface area contributed by atoms with E-state index in [9.17, 15) is 41.6 Å². The molecule has 2 saturated carbocycles. The molecule has 8 rings (SSSR count). The highest BCUT2D eigenvalue weighted by atomic mass is 32.2. The number of nitrogens with one attached hydrogen (secondary N) is 4. The first-order valence-corrected chi connectivity index (χ1v) is 20.6. The lowest BCUT2D eigenvalue weighted by molar-refractivity contribution is -0.140. The maximum atomic E-state index is 14.6. The molecule has 3 fully saturated rings. The van der Waals surface area contributed by atoms with Gasteiger partial charge in [0.05, 0.1) is 24.5 Å². The smallest absolute Gasteiger partial charge is 0.410 e. The number of ether oxygens (including phenoxy) is 1. The van der Waals surface area contributed by atoms with Crippen molar-refractivity contribution >= 4 is 51.0 Å². The Morgan fingerprint density at radius 2 is 1.81 bits per heavy atom. The zero-order chi connectivity index (χ0) is 40.1. The highest BCUT2D eigenvalue weighted by Gasteiger charge is 2.62. The number of fused-ring (bicyclic) bond motifs is 3. The molecule has 17 nitrogen and oxygen atoms in total. The van der Waals surface area contributed by atoms with E-state index in [1.165, 1.54) is 34.5 Å². The van der Waals surface area contributed by atoms with Gasteiger partial charge < -0.3 is 25.6 Å². The monoisotopic (exact) mass is 804 g/mol. The van der Waals surface area contributed by atoms with Gasteiger partial charge in [0, 0.05) is 36.8 Å². The molecular weight excluding hydrogens is 764 g/mol. The van der Waals surface area contributed by atoms with Crippen molar-refractivity contribution in [1.82, 2.24) is 29.8 Å². The standard InChI is InChI=1S/C38H41FN8O9S/c39-26-9-6-7-21-18-46(20-25(21)26)37(53)56-23-15-28-34(50)44-38(36(52)45-57(54,55)24-11-12-24)16-22(38)8-4-2-1-3-5-10-27(35(51)47(28)19-23)42-30-31(33(49)32(30)48)43-29-17-40-13-14-41-29/h4,6-9,13-14,17,22-24,27-28,42H,1-3,5,10-12,15-16,18-20H2,(H,41,43)(H,44,50)(H,45,52)/b8-4-/t22-,23-,27+,28+,38-/m1/s1. The Hall–Kier alpha value is -5.72. The molecule has 300 valence electrons. The maximum absolute atomic E-state index is 14.6. The summed E-state index contributed by atoms with van der Waals surface area (Å²) in [5.74, 6) is -3.04. The normalized spacial score (nSPS) is 26.9. The van der Waals surface area contributed by atoms with Crippen LogP contribution in [-0.2, 0) is 42.2 Å². The molecule has 0 radical (unpaired) electrons. The minimum absolute atomic E-state index is 0.0325. The van der Waals surface area contributed by atoms with Gasteiger partial charge in [-0.15, -0.1) is 0 Å². The fourth-order valence-corrected chi connectivity index (χ4v) is 9.25. The number of aromatic nitrogens is 2. The number of nitrogens with zero attached hydrogens (tertiary/aromatic N) is 4. The average Bonchev–Trinajstić information content (AvgIpc) is 4.08. The molecule has 1 aromatic heterocycles. The molecule has 0 spiro atoms. The van der Waals surface area contributed by atoms with Crippen molar-refractivity contribution in [3.05, 3.63) is 86.3 Å². The summed E-state index contributed by atoms with van der Waals surface area (Å²) in [4.78, 5) is 92.3. The summed E-state index contributed by atoms with van der Waals surface area (Å²) in [5.41, 5.74) is -2.52. The first-order chi connectivity index (χ1) is 27.3. The minimum Gasteiger partial charge on any atom is -0.444 e. The third-order valence-corrected chi connectivity index (χ3v) is 13.2. The summed E-state index contributed by atoms with van der Waals surface area (Å²) in [6.07, 6.45) is 9.58. The summed E-state index contributed by atoms with van der Waals surface area (Å²) in [7, 11) is -3.96. The molecule has 5 aliphatic rings. The lowest BCUT2D eigenvalue weighted by Crippen LogP contribution is -2.57. The molecule has 4 heterocycles. The van der Waals surface area contributed by atoms with Gasteiger partial charge in [-0.2, -0.15) is 0 Å². The average molecular weight is 805 g/mol. The Bertz CT molecular complexity index is 2330. The quantitative estimate of drug-likeness (QED) is 0.189. The van der Waals surface area contributed by atoms with E-state index >= 15 is 0 Å². The number of anilines is 3. The SMILES string of the molecule is O=C1N[C@]2(C(=O)NS(=O)(=O)C3CC3)C[C@H]2/C=C\CCCCC[C@H](Nc2c(Nc3cnccn3)c(=O)c2=O)C(=O)N2C[C@H](OC(=O)N3Cc4cccc(F)c4C3)C[C@@H]12. The van der Waals surface area contributed by atoms with Crippen molar-refractivity contribution in [2.24, 2.45) is 5.92 Å². The third-order valence-electron chi connectivity index (χ3n) is 11.3. The molecule has 2 aliphatic carbocycles. The van der Waals surface area contributed by atoms with Crippen molar-refractivity contribution < 1.29 is 36.7 Å². The van der Waals surface area contributed by atoms with E-state index in [1.54, 1.807) is 18.2 Å². The fraction of sp³-hybridized carbons (Fsp3) is 0.474. The van der Waals surface area contributed by atoms with Gasteiger partial charge in [-0.3, -0.25) is 38.6 Å². The summed E-state index contributed by atoms with van der Waals surface area (Å²) in [6.45, 7) is -0.180. The summed E-state index contributed by atoms with van der Waals surface area (Å²) >= 11 is 0. The van der Waals surface area contributed by atoms with Crippen LogP contribution < -0.4 is 31.5 Å². The van der Waals surface area contributed by atoms with E-state index in [0.717, 1.165) is 0 Å². The third kappa shape index (κ3) is 7.59. The lowest BCUT2D eigenvalue weighted by atomic mass is 10.0. The molecule has 3 aliphatic heterocycles. The molecule has 4 amide bonds. The Morgan fingerprint density at radius 3 is 2.56 bits per heavy atom. The second kappa shape index (κ2) is 15.0. The number of allylic oxidation sites excluding steroid dienone is 1. The van der Waals surface area contributed by atoms with Crippen LogP contribution in [0.15, 0.2) is 58.5 Å². The topological polar surface area (TPSA) is 226 Å². The van der Waals surface area contributed by atoms with E-state index < -0.39 is 85.4 Å². The van der Waals surface area contributed by atoms with Crippen LogP contribution in [0.25, 0.3) is 0 Å². The second-order valence-corrected chi connectivity index (χ2v) is 17.3. The minimum atomic E-state index is -3.96. The molecule has 5 atom stereocenters. The van der Waals surface area contributed by atoms with E-state index in [-0.39, 0.29) is 56.1 Å². The maximum Gasteiger partial charge on any atom is 0.410 e. The van der Waals surface area contributed by atoms with Crippen LogP contribution in [0.4, 0.5) is 26.4 Å². The Balaban J connectivity index is 1.07. The zero-order valence-corrected chi connectivity index (χ0v) is 31.6. The van der Waals surface area contributed by atoms with Crippen molar-refractivity contribution in [1.29, 1.82) is 0 Å². The van der Waals surface area contributed by atoms with Gasteiger partial charge in [-0.25, -0.2) is 22.6 Å². The predicted molar refractivity (Wildman–Crippen MR) is 201 cm³/mol. The number of sulfonamides is 1. The van der Waals surface area contributed by atoms with Gasteiger partial charge in [-0.1, -0.05) is 37.1 Å². The molecule has 0 bridgehead atoms. The number of rotatable bonds is 8. The zero-order valence-electron chi connectivity index (χ0n) is 30.7. The van der Waals surface area contributed by atoms with Crippen LogP contribution in [0.1, 0.15) is 68.9 Å². The first kappa shape index (κ1) is 38.2. The highest BCUT2D eigenvalue weighted by molar-refractivity contribution is 7.91. The fourth-order valence-electron chi connectivity index (χ4n) is 7.89. The number of carbonyl (C=O) groups is 4. The molecule has 3 aromatic rings. The predicted octanol–water partition coefficient (Wildman–Crippen LogP) is 1.86. The van der Waals surface area contributed by atoms with Gasteiger partial charge >= 0.3 is 6.09 Å². The van der Waals surface area contributed by atoms with E-state index in [2.05, 4.69) is 30.6 Å². The number of amides is 4. The van der Waals surface area contributed by atoms with Crippen molar-refractivity contribution in [3.63, 3.8) is 0 Å². The van der Waals surface area contributed by atoms with E-state index in [1.807, 2.05) is 6.08 Å². The molecular formula is C38H41FN8O9S. The van der Waals surface area contributed by atoms with Gasteiger partial charge in [0.1, 0.15) is 46.7 Å². The second-order valence-electron chi connectivity index (χ2n) is 15.3. The first-order valence-electron chi connectivity index (χ1n) is 19.0. The number of benzene rings is 1. The highest BCUT2D eigenvalue weighted by Crippen LogP contribution is 2.46. The molecule has 57 heavy (non-hydrogen) atoms. The van der Waals surface area contributed by atoms with Crippen molar-refractivity contribution in [3.8, 4) is 0 Å². The van der Waals surface area contributed by atoms with Crippen LogP contribution in [0, 0.1) is 11.7 Å². The van der Waals surface area contributed by atoms with Gasteiger partial charge in [0.2, 0.25) is 21.8 Å². The molecule has 2 aromatic carbocycles. The van der Waals surface area contributed by atoms with Crippen LogP contribution in [-0.4, -0.2) is 87.5 Å². The number of halogens is 1. The molecule has 0 unspecified atom stereocenters. The number of hydrogen-bond acceptors (Lipinski definition) is 13. The molecule has 19 heteroatoms. The van der Waals surface area contributed by atoms with Gasteiger partial charge in [0.25, 0.3) is 16.8 Å². The van der Waals surface area contributed by atoms with Crippen LogP contribution in [0.5, 0.6) is 0 Å². The largest absolute Gasteiger partial charge is 0.444 e. The van der Waals surface area contributed by atoms with Crippen LogP contribution in [0.3, 0.4) is 0 Å². The number of hydrogen-bond donors (Lipinski definition) is 4. The van der Waals surface area contributed by atoms with Gasteiger partial charge in [-0.05, 0) is 50.2 Å². The lowest BCUT2D eigenvalue weighted by Gasteiger charge is -2.30. The van der Waals surface area contributed by atoms with Crippen molar-refractivity contribution in [2.45, 2.75) is 99.9 Å². The Kier molecular flexibility index (Phi) is 10.0. The Labute approximate surface area is 326 Å². The molecule has 1 saturated heterocycles. The number of carbonyl (C=O) groups excluding carboxylic acids is 4. The van der Waals surface area contributed by atoms with Crippen LogP contribution in [0.2, 0.25) is 0 Å². The molecule has 4 N–H and O–H groups in total. The summed E-state index contributed by atoms with van der Waals surface area (Å²) < 4.78 is 48.2. The van der Waals surface area contributed by atoms with Crippen LogP contribution >= 0.6 is 0 Å². The summed E-state index contributed by atoms with van der Waals surface area (Å²) in [6, 6.07) is 2.15. The van der Waals surface area contributed by atoms with E-state index in [4.69, 9.17) is 4.74 Å². The summed E-state index contributed by atoms with van der Waals surface area (Å²) in [5, 5.41) is 7.83. The van der Waals surface area contributed by atoms with Gasteiger partial charge in [0.15, 0.2) is 0 Å². The van der Waals surface area contributed by atoms with Crippen molar-refractivity contribution in [2.75, 3.05) is 17.2 Å². The Morgan fingerprint density at radius 1 is 1.00 bits per heavy atom. The van der Waals surface area contributed by atoms with E-state index in [0.29, 0.717) is 49.7 Å².